The summed E-state index contributed by atoms with van der Waals surface area (Å²) in [5.74, 6) is 0.318. The van der Waals surface area contributed by atoms with Crippen molar-refractivity contribution in [1.29, 1.82) is 0 Å². The summed E-state index contributed by atoms with van der Waals surface area (Å²) in [6, 6.07) is 9.16. The molecule has 0 aliphatic carbocycles. The molecule has 0 saturated heterocycles. The third-order valence-electron chi connectivity index (χ3n) is 5.25. The lowest BCUT2D eigenvalue weighted by molar-refractivity contribution is 0.0996. The van der Waals surface area contributed by atoms with Crippen LogP contribution in [0.5, 0.6) is 11.5 Å². The maximum absolute atomic E-state index is 14.0. The molecule has 0 radical (unpaired) electrons. The largest absolute Gasteiger partial charge is 0.497 e. The van der Waals surface area contributed by atoms with Crippen LogP contribution in [0.4, 0.5) is 10.1 Å². The summed E-state index contributed by atoms with van der Waals surface area (Å²) >= 11 is 0. The summed E-state index contributed by atoms with van der Waals surface area (Å²) in [5, 5.41) is 15.7. The van der Waals surface area contributed by atoms with E-state index in [1.165, 1.54) is 12.1 Å². The second kappa shape index (κ2) is 10.1. The molecule has 10 heteroatoms. The van der Waals surface area contributed by atoms with Crippen LogP contribution in [0.2, 0.25) is 0 Å². The van der Waals surface area contributed by atoms with Gasteiger partial charge < -0.3 is 20.5 Å². The molecule has 3 aromatic rings. The minimum atomic E-state index is -0.836. The second-order valence-corrected chi connectivity index (χ2v) is 7.43. The van der Waals surface area contributed by atoms with E-state index in [4.69, 9.17) is 15.2 Å². The Balaban J connectivity index is 2.05. The number of carbonyl (C=O) groups is 1. The zero-order valence-electron chi connectivity index (χ0n) is 18.5. The molecule has 1 heterocycles. The van der Waals surface area contributed by atoms with E-state index in [1.54, 1.807) is 37.1 Å². The van der Waals surface area contributed by atoms with Gasteiger partial charge in [0, 0.05) is 11.8 Å². The Morgan fingerprint density at radius 2 is 2.00 bits per heavy atom. The molecule has 0 aliphatic heterocycles. The number of aromatic nitrogens is 4. The Kier molecular flexibility index (Phi) is 7.24. The predicted molar refractivity (Wildman–Crippen MR) is 118 cm³/mol. The number of primary amides is 1. The van der Waals surface area contributed by atoms with Gasteiger partial charge in [0.05, 0.1) is 25.8 Å². The molecule has 32 heavy (non-hydrogen) atoms. The maximum Gasteiger partial charge on any atom is 0.251 e. The highest BCUT2D eigenvalue weighted by Crippen LogP contribution is 2.33. The molecule has 0 aliphatic rings. The first kappa shape index (κ1) is 23.0. The van der Waals surface area contributed by atoms with E-state index in [2.05, 4.69) is 34.7 Å². The van der Waals surface area contributed by atoms with Crippen LogP contribution in [0.1, 0.15) is 48.9 Å². The number of nitrogens with one attached hydrogen (secondary N) is 1. The lowest BCUT2D eigenvalue weighted by atomic mass is 9.95. The Labute approximate surface area is 185 Å². The topological polar surface area (TPSA) is 117 Å². The van der Waals surface area contributed by atoms with E-state index in [1.807, 2.05) is 6.07 Å². The Hall–Kier alpha value is -3.69. The molecule has 2 aromatic carbocycles. The molecule has 0 fully saturated rings. The smallest absolute Gasteiger partial charge is 0.251 e. The molecule has 1 amide bonds. The normalized spacial score (nSPS) is 12.8. The number of rotatable bonds is 10. The van der Waals surface area contributed by atoms with Crippen LogP contribution >= 0.6 is 0 Å². The minimum absolute atomic E-state index is 0.107. The summed E-state index contributed by atoms with van der Waals surface area (Å²) in [7, 11) is 3.13. The highest BCUT2D eigenvalue weighted by atomic mass is 19.1. The predicted octanol–water partition coefficient (Wildman–Crippen LogP) is 3.51. The number of hydrogen-bond acceptors (Lipinski definition) is 7. The number of nitrogens with zero attached hydrogens (tertiary/aromatic N) is 4. The summed E-state index contributed by atoms with van der Waals surface area (Å²) in [5.41, 5.74) is 6.29. The van der Waals surface area contributed by atoms with Gasteiger partial charge in [-0.3, -0.25) is 4.79 Å². The highest BCUT2D eigenvalue weighted by molar-refractivity contribution is 5.94. The molecular formula is C22H27FN6O3. The van der Waals surface area contributed by atoms with Gasteiger partial charge >= 0.3 is 0 Å². The minimum Gasteiger partial charge on any atom is -0.497 e. The van der Waals surface area contributed by atoms with Gasteiger partial charge in [-0.15, -0.1) is 5.10 Å². The van der Waals surface area contributed by atoms with E-state index in [0.717, 1.165) is 12.8 Å². The first-order valence-electron chi connectivity index (χ1n) is 10.3. The zero-order chi connectivity index (χ0) is 23.3. The monoisotopic (exact) mass is 442 g/mol. The van der Waals surface area contributed by atoms with Crippen molar-refractivity contribution in [2.45, 2.75) is 32.7 Å². The average molecular weight is 442 g/mol. The van der Waals surface area contributed by atoms with Gasteiger partial charge in [-0.25, -0.2) is 4.39 Å². The van der Waals surface area contributed by atoms with Crippen molar-refractivity contribution in [1.82, 2.24) is 20.2 Å². The zero-order valence-corrected chi connectivity index (χ0v) is 18.5. The number of tetrazole rings is 1. The van der Waals surface area contributed by atoms with Crippen LogP contribution in [0.25, 0.3) is 5.69 Å². The fourth-order valence-electron chi connectivity index (χ4n) is 3.59. The van der Waals surface area contributed by atoms with Gasteiger partial charge in [0.15, 0.2) is 5.82 Å². The summed E-state index contributed by atoms with van der Waals surface area (Å²) in [6.45, 7) is 4.16. The standard InChI is InChI=1S/C22H27FN6O3/c1-5-6-13(2)20(25-14-7-9-17(23)16(11-14)21(24)30)22-26-27-28-29(22)18-10-8-15(31-3)12-19(18)32-4/h7-13,20,25H,5-6H2,1-4H3,(H2,24,30). The SMILES string of the molecule is CCCC(C)C(Nc1ccc(F)c(C(N)=O)c1)c1nnnn1-c1ccc(OC)cc1OC. The van der Waals surface area contributed by atoms with Crippen molar-refractivity contribution in [3.63, 3.8) is 0 Å². The Bertz CT molecular complexity index is 1090. The number of benzene rings is 2. The first-order valence-corrected chi connectivity index (χ1v) is 10.3. The highest BCUT2D eigenvalue weighted by Gasteiger charge is 2.27. The number of amides is 1. The number of anilines is 1. The third-order valence-corrected chi connectivity index (χ3v) is 5.25. The number of ether oxygens (including phenoxy) is 2. The molecule has 0 saturated carbocycles. The van der Waals surface area contributed by atoms with Crippen molar-refractivity contribution in [2.75, 3.05) is 19.5 Å². The van der Waals surface area contributed by atoms with Crippen LogP contribution in [0.3, 0.4) is 0 Å². The summed E-state index contributed by atoms with van der Waals surface area (Å²) < 4.78 is 26.3. The Morgan fingerprint density at radius 1 is 1.22 bits per heavy atom. The molecule has 1 aromatic heterocycles. The molecule has 0 spiro atoms. The molecule has 9 nitrogen and oxygen atoms in total. The van der Waals surface area contributed by atoms with Crippen molar-refractivity contribution in [2.24, 2.45) is 11.7 Å². The molecule has 3 rings (SSSR count). The fraction of sp³-hybridized carbons (Fsp3) is 0.364. The van der Waals surface area contributed by atoms with Crippen LogP contribution in [-0.2, 0) is 0 Å². The van der Waals surface area contributed by atoms with E-state index >= 15 is 0 Å². The van der Waals surface area contributed by atoms with Crippen LogP contribution in [0, 0.1) is 11.7 Å². The molecule has 0 bridgehead atoms. The van der Waals surface area contributed by atoms with Gasteiger partial charge in [0.2, 0.25) is 0 Å². The number of carbonyl (C=O) groups excluding carboxylic acids is 1. The molecule has 3 N–H and O–H groups in total. The number of hydrogen-bond donors (Lipinski definition) is 2. The van der Waals surface area contributed by atoms with Crippen molar-refractivity contribution in [3.05, 3.63) is 53.6 Å². The lowest BCUT2D eigenvalue weighted by Gasteiger charge is -2.25. The van der Waals surface area contributed by atoms with Gasteiger partial charge in [0.25, 0.3) is 5.91 Å². The van der Waals surface area contributed by atoms with E-state index in [9.17, 15) is 9.18 Å². The van der Waals surface area contributed by atoms with Gasteiger partial charge in [-0.1, -0.05) is 20.3 Å². The molecule has 2 atom stereocenters. The van der Waals surface area contributed by atoms with Crippen molar-refractivity contribution in [3.8, 4) is 17.2 Å². The number of methoxy groups -OCH3 is 2. The number of nitrogens with two attached hydrogens (primary N) is 1. The van der Waals surface area contributed by atoms with Crippen molar-refractivity contribution < 1.29 is 18.7 Å². The van der Waals surface area contributed by atoms with Gasteiger partial charge in [-0.05, 0) is 53.1 Å². The first-order chi connectivity index (χ1) is 15.4. The fourth-order valence-corrected chi connectivity index (χ4v) is 3.59. The quantitative estimate of drug-likeness (QED) is 0.493. The second-order valence-electron chi connectivity index (χ2n) is 7.43. The molecular weight excluding hydrogens is 415 g/mol. The molecule has 2 unspecified atom stereocenters. The average Bonchev–Trinajstić information content (AvgIpc) is 3.27. The van der Waals surface area contributed by atoms with E-state index in [0.29, 0.717) is 28.7 Å². The van der Waals surface area contributed by atoms with E-state index < -0.39 is 11.7 Å². The van der Waals surface area contributed by atoms with Crippen molar-refractivity contribution >= 4 is 11.6 Å². The van der Waals surface area contributed by atoms with Gasteiger partial charge in [-0.2, -0.15) is 4.68 Å². The van der Waals surface area contributed by atoms with E-state index in [-0.39, 0.29) is 17.5 Å². The van der Waals surface area contributed by atoms with Crippen LogP contribution in [-0.4, -0.2) is 40.3 Å². The summed E-state index contributed by atoms with van der Waals surface area (Å²) in [6.07, 6.45) is 1.83. The summed E-state index contributed by atoms with van der Waals surface area (Å²) in [4.78, 5) is 11.6. The number of halogens is 1. The van der Waals surface area contributed by atoms with Crippen LogP contribution < -0.4 is 20.5 Å². The Morgan fingerprint density at radius 3 is 2.66 bits per heavy atom. The molecule has 170 valence electrons. The lowest BCUT2D eigenvalue weighted by Crippen LogP contribution is -2.24. The van der Waals surface area contributed by atoms with Gasteiger partial charge in [0.1, 0.15) is 23.0 Å². The van der Waals surface area contributed by atoms with Crippen LogP contribution in [0.15, 0.2) is 36.4 Å². The maximum atomic E-state index is 14.0. The third kappa shape index (κ3) is 4.79.